The van der Waals surface area contributed by atoms with Gasteiger partial charge in [-0.05, 0) is 55.5 Å². The van der Waals surface area contributed by atoms with Crippen molar-refractivity contribution in [2.24, 2.45) is 0 Å². The number of aliphatic hydroxyl groups is 1. The topological polar surface area (TPSA) is 54.4 Å². The van der Waals surface area contributed by atoms with Gasteiger partial charge in [-0.15, -0.1) is 0 Å². The molecule has 4 nitrogen and oxygen atoms in total. The number of hydrogen-bond acceptors (Lipinski definition) is 4. The average molecular weight is 340 g/mol. The Morgan fingerprint density at radius 2 is 1.92 bits per heavy atom. The molecule has 0 unspecified atom stereocenters. The van der Waals surface area contributed by atoms with Crippen LogP contribution in [0.4, 0.5) is 0 Å². The van der Waals surface area contributed by atoms with Crippen molar-refractivity contribution >= 4 is 0 Å². The fourth-order valence-electron chi connectivity index (χ4n) is 3.60. The van der Waals surface area contributed by atoms with E-state index < -0.39 is 0 Å². The predicted molar refractivity (Wildman–Crippen MR) is 99.6 cm³/mol. The maximum absolute atomic E-state index is 10.1. The number of aromatic nitrogens is 1. The molecule has 1 aromatic carbocycles. The SMILES string of the molecule is Cc1cc(CN[C@@H]2CCCC[C@@H]2O)cc(C)c1OCc1ccccn1. The van der Waals surface area contributed by atoms with Crippen molar-refractivity contribution in [1.29, 1.82) is 0 Å². The van der Waals surface area contributed by atoms with Crippen LogP contribution in [0.1, 0.15) is 48.1 Å². The summed E-state index contributed by atoms with van der Waals surface area (Å²) in [5, 5.41) is 13.6. The highest BCUT2D eigenvalue weighted by Crippen LogP contribution is 2.26. The zero-order valence-corrected chi connectivity index (χ0v) is 15.2. The number of ether oxygens (including phenoxy) is 1. The van der Waals surface area contributed by atoms with Crippen LogP contribution in [-0.2, 0) is 13.2 Å². The zero-order valence-electron chi connectivity index (χ0n) is 15.2. The Labute approximate surface area is 150 Å². The van der Waals surface area contributed by atoms with Crippen LogP contribution < -0.4 is 10.1 Å². The summed E-state index contributed by atoms with van der Waals surface area (Å²) in [7, 11) is 0. The molecule has 2 atom stereocenters. The monoisotopic (exact) mass is 340 g/mol. The third-order valence-electron chi connectivity index (χ3n) is 4.91. The van der Waals surface area contributed by atoms with Crippen molar-refractivity contribution in [3.63, 3.8) is 0 Å². The summed E-state index contributed by atoms with van der Waals surface area (Å²) < 4.78 is 6.00. The summed E-state index contributed by atoms with van der Waals surface area (Å²) in [5.41, 5.74) is 4.44. The second-order valence-corrected chi connectivity index (χ2v) is 7.01. The van der Waals surface area contributed by atoms with Crippen LogP contribution in [0.15, 0.2) is 36.5 Å². The Morgan fingerprint density at radius 3 is 2.60 bits per heavy atom. The average Bonchev–Trinajstić information content (AvgIpc) is 2.61. The summed E-state index contributed by atoms with van der Waals surface area (Å²) >= 11 is 0. The molecule has 0 spiro atoms. The lowest BCUT2D eigenvalue weighted by atomic mass is 9.92. The van der Waals surface area contributed by atoms with Gasteiger partial charge in [0.1, 0.15) is 12.4 Å². The van der Waals surface area contributed by atoms with E-state index in [2.05, 4.69) is 36.3 Å². The van der Waals surface area contributed by atoms with E-state index >= 15 is 0 Å². The zero-order chi connectivity index (χ0) is 17.6. The third kappa shape index (κ3) is 4.80. The minimum atomic E-state index is -0.211. The standard InChI is InChI=1S/C21H28N2O2/c1-15-11-17(13-23-19-8-3-4-9-20(19)24)12-16(2)21(15)25-14-18-7-5-6-10-22-18/h5-7,10-12,19-20,23-24H,3-4,8-9,13-14H2,1-2H3/t19-,20+/m1/s1. The van der Waals surface area contributed by atoms with Gasteiger partial charge in [-0.25, -0.2) is 0 Å². The molecule has 0 bridgehead atoms. The van der Waals surface area contributed by atoms with Gasteiger partial charge in [-0.1, -0.05) is 31.0 Å². The quantitative estimate of drug-likeness (QED) is 0.842. The van der Waals surface area contributed by atoms with Gasteiger partial charge in [0.15, 0.2) is 0 Å². The number of nitrogens with zero attached hydrogens (tertiary/aromatic N) is 1. The minimum Gasteiger partial charge on any atom is -0.487 e. The molecule has 3 rings (SSSR count). The lowest BCUT2D eigenvalue weighted by molar-refractivity contribution is 0.0902. The molecule has 2 aromatic rings. The fraction of sp³-hybridized carbons (Fsp3) is 0.476. The number of rotatable bonds is 6. The number of pyridine rings is 1. The molecule has 4 heteroatoms. The first-order valence-corrected chi connectivity index (χ1v) is 9.18. The van der Waals surface area contributed by atoms with Crippen molar-refractivity contribution in [1.82, 2.24) is 10.3 Å². The first-order chi connectivity index (χ1) is 12.1. The minimum absolute atomic E-state index is 0.211. The molecule has 1 saturated carbocycles. The Bertz CT molecular complexity index is 665. The Balaban J connectivity index is 1.61. The van der Waals surface area contributed by atoms with Crippen molar-refractivity contribution < 1.29 is 9.84 Å². The molecule has 25 heavy (non-hydrogen) atoms. The first-order valence-electron chi connectivity index (χ1n) is 9.18. The summed E-state index contributed by atoms with van der Waals surface area (Å²) in [6.45, 7) is 5.43. The Morgan fingerprint density at radius 1 is 1.16 bits per heavy atom. The van der Waals surface area contributed by atoms with E-state index in [9.17, 15) is 5.11 Å². The molecular formula is C21H28N2O2. The molecule has 0 radical (unpaired) electrons. The lowest BCUT2D eigenvalue weighted by Gasteiger charge is -2.28. The predicted octanol–water partition coefficient (Wildman–Crippen LogP) is 3.67. The Kier molecular flexibility index (Phi) is 6.05. The van der Waals surface area contributed by atoms with E-state index in [1.54, 1.807) is 6.20 Å². The van der Waals surface area contributed by atoms with Crippen LogP contribution in [-0.4, -0.2) is 22.2 Å². The van der Waals surface area contributed by atoms with E-state index in [1.165, 1.54) is 12.0 Å². The van der Waals surface area contributed by atoms with Crippen LogP contribution in [0.2, 0.25) is 0 Å². The second kappa shape index (κ2) is 8.45. The van der Waals surface area contributed by atoms with E-state index in [0.717, 1.165) is 48.4 Å². The number of nitrogens with one attached hydrogen (secondary N) is 1. The molecule has 1 aliphatic carbocycles. The lowest BCUT2D eigenvalue weighted by Crippen LogP contribution is -2.41. The van der Waals surface area contributed by atoms with Crippen LogP contribution in [0.3, 0.4) is 0 Å². The smallest absolute Gasteiger partial charge is 0.130 e. The van der Waals surface area contributed by atoms with Gasteiger partial charge < -0.3 is 15.2 Å². The maximum Gasteiger partial charge on any atom is 0.130 e. The molecule has 134 valence electrons. The van der Waals surface area contributed by atoms with Crippen molar-refractivity contribution in [2.45, 2.75) is 64.8 Å². The molecule has 0 aliphatic heterocycles. The van der Waals surface area contributed by atoms with E-state index in [-0.39, 0.29) is 12.1 Å². The van der Waals surface area contributed by atoms with E-state index in [0.29, 0.717) is 6.61 Å². The van der Waals surface area contributed by atoms with Gasteiger partial charge in [-0.2, -0.15) is 0 Å². The first kappa shape index (κ1) is 17.9. The second-order valence-electron chi connectivity index (χ2n) is 7.01. The molecule has 1 aliphatic rings. The van der Waals surface area contributed by atoms with Gasteiger partial charge in [0.2, 0.25) is 0 Å². The van der Waals surface area contributed by atoms with Gasteiger partial charge >= 0.3 is 0 Å². The van der Waals surface area contributed by atoms with Gasteiger partial charge in [-0.3, -0.25) is 4.98 Å². The molecule has 2 N–H and O–H groups in total. The highest BCUT2D eigenvalue weighted by Gasteiger charge is 2.22. The summed E-state index contributed by atoms with van der Waals surface area (Å²) in [4.78, 5) is 4.30. The number of aryl methyl sites for hydroxylation is 2. The Hall–Kier alpha value is -1.91. The van der Waals surface area contributed by atoms with Crippen molar-refractivity contribution in [3.05, 3.63) is 58.9 Å². The van der Waals surface area contributed by atoms with Crippen LogP contribution >= 0.6 is 0 Å². The molecule has 1 fully saturated rings. The van der Waals surface area contributed by atoms with Crippen LogP contribution in [0, 0.1) is 13.8 Å². The van der Waals surface area contributed by atoms with Gasteiger partial charge in [0, 0.05) is 18.8 Å². The molecule has 1 heterocycles. The van der Waals surface area contributed by atoms with Crippen molar-refractivity contribution in [3.8, 4) is 5.75 Å². The molecule has 0 saturated heterocycles. The van der Waals surface area contributed by atoms with Gasteiger partial charge in [0.05, 0.1) is 11.8 Å². The third-order valence-corrected chi connectivity index (χ3v) is 4.91. The van der Waals surface area contributed by atoms with E-state index in [1.807, 2.05) is 18.2 Å². The fourth-order valence-corrected chi connectivity index (χ4v) is 3.60. The molecule has 0 amide bonds. The maximum atomic E-state index is 10.1. The largest absolute Gasteiger partial charge is 0.487 e. The van der Waals surface area contributed by atoms with Crippen molar-refractivity contribution in [2.75, 3.05) is 0 Å². The highest BCUT2D eigenvalue weighted by molar-refractivity contribution is 5.43. The normalized spacial score (nSPS) is 20.4. The molecule has 1 aromatic heterocycles. The summed E-state index contributed by atoms with van der Waals surface area (Å²) in [6, 6.07) is 10.4. The van der Waals surface area contributed by atoms with Crippen LogP contribution in [0.25, 0.3) is 0 Å². The summed E-state index contributed by atoms with van der Waals surface area (Å²) in [5.74, 6) is 0.937. The molecular weight excluding hydrogens is 312 g/mol. The van der Waals surface area contributed by atoms with E-state index in [4.69, 9.17) is 4.74 Å². The van der Waals surface area contributed by atoms with Crippen LogP contribution in [0.5, 0.6) is 5.75 Å². The number of hydrogen-bond donors (Lipinski definition) is 2. The highest BCUT2D eigenvalue weighted by atomic mass is 16.5. The summed E-state index contributed by atoms with van der Waals surface area (Å²) in [6.07, 6.45) is 5.89. The number of aliphatic hydroxyl groups excluding tert-OH is 1. The van der Waals surface area contributed by atoms with Gasteiger partial charge in [0.25, 0.3) is 0 Å². The number of benzene rings is 1.